The third-order valence-electron chi connectivity index (χ3n) is 5.32. The normalized spacial score (nSPS) is 11.3. The Labute approximate surface area is 201 Å². The van der Waals surface area contributed by atoms with Crippen LogP contribution in [0.25, 0.3) is 5.69 Å². The molecular weight excluding hydrogens is 476 g/mol. The van der Waals surface area contributed by atoms with E-state index in [2.05, 4.69) is 10.0 Å². The highest BCUT2D eigenvalue weighted by molar-refractivity contribution is 7.92. The second-order valence-electron chi connectivity index (χ2n) is 7.50. The molecule has 0 aliphatic rings. The molecule has 0 spiro atoms. The molecule has 0 fully saturated rings. The Bertz CT molecular complexity index is 1540. The molecule has 2 N–H and O–H groups in total. The molecule has 174 valence electrons. The lowest BCUT2D eigenvalue weighted by molar-refractivity contribution is 0.102. The van der Waals surface area contributed by atoms with Crippen LogP contribution in [0.1, 0.15) is 16.1 Å². The lowest BCUT2D eigenvalue weighted by atomic mass is 10.2. The number of halogens is 1. The molecule has 0 aliphatic carbocycles. The van der Waals surface area contributed by atoms with E-state index in [1.807, 2.05) is 18.2 Å². The molecule has 10 heteroatoms. The Balaban J connectivity index is 1.63. The summed E-state index contributed by atoms with van der Waals surface area (Å²) in [4.78, 5) is 25.9. The molecule has 0 aliphatic heterocycles. The topological polar surface area (TPSA) is 102 Å². The number of nitrogens with one attached hydrogen (secondary N) is 2. The van der Waals surface area contributed by atoms with Crippen molar-refractivity contribution in [2.24, 2.45) is 7.05 Å². The van der Waals surface area contributed by atoms with E-state index in [9.17, 15) is 18.0 Å². The van der Waals surface area contributed by atoms with Crippen molar-refractivity contribution in [3.8, 4) is 5.69 Å². The third kappa shape index (κ3) is 4.48. The number of hydrogen-bond donors (Lipinski definition) is 2. The van der Waals surface area contributed by atoms with Crippen LogP contribution in [0.4, 0.5) is 11.4 Å². The summed E-state index contributed by atoms with van der Waals surface area (Å²) in [6, 6.07) is 21.0. The molecule has 34 heavy (non-hydrogen) atoms. The van der Waals surface area contributed by atoms with Gasteiger partial charge in [0.05, 0.1) is 27.0 Å². The molecule has 0 bridgehead atoms. The Hall–Kier alpha value is -3.82. The molecular formula is C24H21ClN4O4S. The van der Waals surface area contributed by atoms with Crippen LogP contribution in [0.2, 0.25) is 5.02 Å². The van der Waals surface area contributed by atoms with Crippen LogP contribution in [0.5, 0.6) is 0 Å². The van der Waals surface area contributed by atoms with Gasteiger partial charge in [0.1, 0.15) is 5.69 Å². The number of anilines is 2. The summed E-state index contributed by atoms with van der Waals surface area (Å²) in [6.45, 7) is 1.71. The van der Waals surface area contributed by atoms with Crippen LogP contribution in [-0.4, -0.2) is 23.7 Å². The SMILES string of the molecule is Cc1c(NC(=O)c2cccc(S(=O)(=O)Nc3ccccc3Cl)c2)c(=O)n(-c2ccccc2)n1C. The fraction of sp³-hybridized carbons (Fsp3) is 0.0833. The summed E-state index contributed by atoms with van der Waals surface area (Å²) < 4.78 is 31.2. The first-order valence-corrected chi connectivity index (χ1v) is 12.1. The van der Waals surface area contributed by atoms with Gasteiger partial charge in [0.25, 0.3) is 21.5 Å². The zero-order valence-corrected chi connectivity index (χ0v) is 19.9. The lowest BCUT2D eigenvalue weighted by Crippen LogP contribution is -2.23. The molecule has 4 aromatic rings. The lowest BCUT2D eigenvalue weighted by Gasteiger charge is -2.10. The van der Waals surface area contributed by atoms with Crippen LogP contribution >= 0.6 is 11.6 Å². The van der Waals surface area contributed by atoms with Crippen molar-refractivity contribution >= 4 is 38.9 Å². The van der Waals surface area contributed by atoms with E-state index in [0.29, 0.717) is 11.4 Å². The quantitative estimate of drug-likeness (QED) is 0.418. The molecule has 1 amide bonds. The first-order chi connectivity index (χ1) is 16.2. The van der Waals surface area contributed by atoms with Crippen LogP contribution in [-0.2, 0) is 17.1 Å². The zero-order valence-electron chi connectivity index (χ0n) is 18.3. The van der Waals surface area contributed by atoms with Gasteiger partial charge in [0.15, 0.2) is 0 Å². The number of benzene rings is 3. The Morgan fingerprint density at radius 1 is 0.941 bits per heavy atom. The number of para-hydroxylation sites is 2. The highest BCUT2D eigenvalue weighted by Gasteiger charge is 2.21. The summed E-state index contributed by atoms with van der Waals surface area (Å²) in [5.41, 5.74) is 1.21. The van der Waals surface area contributed by atoms with E-state index in [4.69, 9.17) is 11.6 Å². The van der Waals surface area contributed by atoms with Gasteiger partial charge < -0.3 is 5.32 Å². The molecule has 0 atom stereocenters. The average molecular weight is 497 g/mol. The van der Waals surface area contributed by atoms with E-state index in [-0.39, 0.29) is 26.9 Å². The van der Waals surface area contributed by atoms with Crippen molar-refractivity contribution in [3.63, 3.8) is 0 Å². The third-order valence-corrected chi connectivity index (χ3v) is 7.01. The molecule has 4 rings (SSSR count). The first-order valence-electron chi connectivity index (χ1n) is 10.2. The summed E-state index contributed by atoms with van der Waals surface area (Å²) in [5.74, 6) is -0.610. The summed E-state index contributed by atoms with van der Waals surface area (Å²) >= 11 is 6.05. The smallest absolute Gasteiger partial charge is 0.295 e. The minimum atomic E-state index is -4.00. The van der Waals surface area contributed by atoms with Gasteiger partial charge in [-0.2, -0.15) is 0 Å². The van der Waals surface area contributed by atoms with Crippen molar-refractivity contribution < 1.29 is 13.2 Å². The zero-order chi connectivity index (χ0) is 24.5. The fourth-order valence-corrected chi connectivity index (χ4v) is 4.81. The van der Waals surface area contributed by atoms with E-state index < -0.39 is 21.5 Å². The van der Waals surface area contributed by atoms with E-state index in [1.54, 1.807) is 49.0 Å². The predicted octanol–water partition coefficient (Wildman–Crippen LogP) is 4.19. The van der Waals surface area contributed by atoms with E-state index >= 15 is 0 Å². The number of nitrogens with zero attached hydrogens (tertiary/aromatic N) is 2. The van der Waals surface area contributed by atoms with Crippen molar-refractivity contribution in [3.05, 3.63) is 105 Å². The van der Waals surface area contributed by atoms with E-state index in [1.165, 1.54) is 35.0 Å². The predicted molar refractivity (Wildman–Crippen MR) is 132 cm³/mol. The largest absolute Gasteiger partial charge is 0.316 e. The Morgan fingerprint density at radius 3 is 2.32 bits per heavy atom. The van der Waals surface area contributed by atoms with Gasteiger partial charge in [0.2, 0.25) is 0 Å². The fourth-order valence-electron chi connectivity index (χ4n) is 3.45. The molecule has 0 unspecified atom stereocenters. The van der Waals surface area contributed by atoms with Crippen molar-refractivity contribution in [2.45, 2.75) is 11.8 Å². The van der Waals surface area contributed by atoms with E-state index in [0.717, 1.165) is 0 Å². The summed E-state index contributed by atoms with van der Waals surface area (Å²) in [7, 11) is -2.29. The minimum Gasteiger partial charge on any atom is -0.316 e. The number of amides is 1. The molecule has 3 aromatic carbocycles. The molecule has 0 saturated heterocycles. The minimum absolute atomic E-state index is 0.0796. The van der Waals surface area contributed by atoms with Crippen LogP contribution < -0.4 is 15.6 Å². The number of rotatable bonds is 6. The number of aromatic nitrogens is 2. The molecule has 1 heterocycles. The first kappa shape index (κ1) is 23.3. The van der Waals surface area contributed by atoms with Gasteiger partial charge in [-0.25, -0.2) is 13.1 Å². The number of sulfonamides is 1. The van der Waals surface area contributed by atoms with Gasteiger partial charge in [-0.1, -0.05) is 48.0 Å². The Morgan fingerprint density at radius 2 is 1.62 bits per heavy atom. The van der Waals surface area contributed by atoms with Crippen molar-refractivity contribution in [1.29, 1.82) is 0 Å². The number of carbonyl (C=O) groups is 1. The number of carbonyl (C=O) groups excluding carboxylic acids is 1. The van der Waals surface area contributed by atoms with Gasteiger partial charge in [-0.15, -0.1) is 0 Å². The molecule has 0 saturated carbocycles. The van der Waals surface area contributed by atoms with Crippen LogP contribution in [0.3, 0.4) is 0 Å². The van der Waals surface area contributed by atoms with Gasteiger partial charge in [-0.05, 0) is 49.4 Å². The Kier molecular flexibility index (Phi) is 6.32. The van der Waals surface area contributed by atoms with Crippen LogP contribution in [0.15, 0.2) is 88.6 Å². The molecule has 1 aromatic heterocycles. The maximum absolute atomic E-state index is 13.0. The maximum atomic E-state index is 13.0. The average Bonchev–Trinajstić information content (AvgIpc) is 3.04. The maximum Gasteiger partial charge on any atom is 0.295 e. The van der Waals surface area contributed by atoms with Crippen molar-refractivity contribution in [1.82, 2.24) is 9.36 Å². The second kappa shape index (κ2) is 9.20. The number of hydrogen-bond acceptors (Lipinski definition) is 4. The monoisotopic (exact) mass is 496 g/mol. The van der Waals surface area contributed by atoms with Crippen LogP contribution in [0, 0.1) is 6.92 Å². The van der Waals surface area contributed by atoms with Crippen molar-refractivity contribution in [2.75, 3.05) is 10.0 Å². The summed E-state index contributed by atoms with van der Waals surface area (Å²) in [6.07, 6.45) is 0. The van der Waals surface area contributed by atoms with Gasteiger partial charge in [0, 0.05) is 12.6 Å². The highest BCUT2D eigenvalue weighted by Crippen LogP contribution is 2.24. The standard InChI is InChI=1S/C24H21ClN4O4S/c1-16-22(24(31)29(28(16)2)18-10-4-3-5-11-18)26-23(30)17-9-8-12-19(15-17)34(32,33)27-21-14-7-6-13-20(21)25/h3-15,27H,1-2H3,(H,26,30). The molecule has 8 nitrogen and oxygen atoms in total. The van der Waals surface area contributed by atoms with Gasteiger partial charge in [-0.3, -0.25) is 19.0 Å². The molecule has 0 radical (unpaired) electrons. The van der Waals surface area contributed by atoms with Gasteiger partial charge >= 0.3 is 0 Å². The highest BCUT2D eigenvalue weighted by atomic mass is 35.5. The second-order valence-corrected chi connectivity index (χ2v) is 9.59. The summed E-state index contributed by atoms with van der Waals surface area (Å²) in [5, 5.41) is 2.88.